The normalized spacial score (nSPS) is 12.3. The van der Waals surface area contributed by atoms with Crippen LogP contribution in [0.3, 0.4) is 0 Å². The lowest BCUT2D eigenvalue weighted by molar-refractivity contribution is 0.398. The van der Waals surface area contributed by atoms with Crippen LogP contribution >= 0.6 is 0 Å². The summed E-state index contributed by atoms with van der Waals surface area (Å²) in [6.45, 7) is 4.01. The molecule has 0 unspecified atom stereocenters. The van der Waals surface area contributed by atoms with Crippen LogP contribution in [0.2, 0.25) is 0 Å². The van der Waals surface area contributed by atoms with Gasteiger partial charge in [0.2, 0.25) is 10.9 Å². The van der Waals surface area contributed by atoms with Crippen LogP contribution in [0.4, 0.5) is 0 Å². The molecule has 8 nitrogen and oxygen atoms in total. The van der Waals surface area contributed by atoms with Crippen LogP contribution in [0.1, 0.15) is 11.1 Å². The van der Waals surface area contributed by atoms with Crippen molar-refractivity contribution < 1.29 is 28.4 Å². The standard InChI is InChI=1S/C36H28O8/c1-13-9-15(39-3)25-29-21(13)22-14(2)10-16(40-4)26-30(22)34-32-24(18(42-6)12-20(44-8)28(32)36(26)38)23-17(41-5)11-19(43-7)27(35(25)37)31(23)33(29)34/h9-12H,1-8H3. The van der Waals surface area contributed by atoms with Gasteiger partial charge in [-0.3, -0.25) is 9.59 Å². The number of rotatable bonds is 6. The van der Waals surface area contributed by atoms with Gasteiger partial charge in [0.05, 0.1) is 64.2 Å². The Morgan fingerprint density at radius 3 is 0.841 bits per heavy atom. The van der Waals surface area contributed by atoms with Crippen molar-refractivity contribution in [1.82, 2.24) is 0 Å². The molecule has 0 spiro atoms. The summed E-state index contributed by atoms with van der Waals surface area (Å²) >= 11 is 0. The summed E-state index contributed by atoms with van der Waals surface area (Å²) in [5.74, 6) is 2.68. The van der Waals surface area contributed by atoms with Gasteiger partial charge in [-0.05, 0) is 47.9 Å². The quantitative estimate of drug-likeness (QED) is 0.153. The molecule has 0 aliphatic heterocycles. The maximum Gasteiger partial charge on any atom is 0.201 e. The number of hydrogen-bond acceptors (Lipinski definition) is 8. The maximum atomic E-state index is 14.7. The minimum absolute atomic E-state index is 0.212. The van der Waals surface area contributed by atoms with E-state index in [0.29, 0.717) is 77.6 Å². The highest BCUT2D eigenvalue weighted by atomic mass is 16.5. The number of benzene rings is 8. The molecule has 0 fully saturated rings. The molecule has 8 heteroatoms. The molecule has 0 radical (unpaired) electrons. The predicted octanol–water partition coefficient (Wildman–Crippen LogP) is 6.90. The Labute approximate surface area is 250 Å². The summed E-state index contributed by atoms with van der Waals surface area (Å²) in [4.78, 5) is 29.5. The zero-order valence-corrected chi connectivity index (χ0v) is 25.6. The molecule has 0 aromatic heterocycles. The van der Waals surface area contributed by atoms with Crippen molar-refractivity contribution in [2.45, 2.75) is 13.8 Å². The third-order valence-electron chi connectivity index (χ3n) is 9.46. The first kappa shape index (κ1) is 26.4. The first-order valence-electron chi connectivity index (χ1n) is 14.1. The molecule has 0 heterocycles. The Morgan fingerprint density at radius 1 is 0.318 bits per heavy atom. The fourth-order valence-electron chi connectivity index (χ4n) is 7.85. The zero-order chi connectivity index (χ0) is 30.9. The summed E-state index contributed by atoms with van der Waals surface area (Å²) < 4.78 is 35.5. The fraction of sp³-hybridized carbons (Fsp3) is 0.222. The van der Waals surface area contributed by atoms with Crippen molar-refractivity contribution in [3.05, 3.63) is 55.8 Å². The summed E-state index contributed by atoms with van der Waals surface area (Å²) in [6.07, 6.45) is 0. The van der Waals surface area contributed by atoms with E-state index in [-0.39, 0.29) is 10.9 Å². The number of aryl methyl sites for hydroxylation is 2. The molecular weight excluding hydrogens is 560 g/mol. The lowest BCUT2D eigenvalue weighted by Crippen LogP contribution is -2.13. The highest BCUT2D eigenvalue weighted by Gasteiger charge is 2.34. The van der Waals surface area contributed by atoms with E-state index in [0.717, 1.165) is 43.4 Å². The molecule has 0 aliphatic carbocycles. The Hall–Kier alpha value is -5.24. The Bertz CT molecular complexity index is 2440. The van der Waals surface area contributed by atoms with E-state index in [1.807, 2.05) is 26.0 Å². The maximum absolute atomic E-state index is 14.7. The van der Waals surface area contributed by atoms with Crippen molar-refractivity contribution >= 4 is 75.4 Å². The monoisotopic (exact) mass is 588 g/mol. The first-order chi connectivity index (χ1) is 21.3. The highest BCUT2D eigenvalue weighted by Crippen LogP contribution is 2.57. The molecule has 8 rings (SSSR count). The summed E-state index contributed by atoms with van der Waals surface area (Å²) in [6, 6.07) is 7.24. The van der Waals surface area contributed by atoms with E-state index < -0.39 is 0 Å². The van der Waals surface area contributed by atoms with Crippen LogP contribution in [0.25, 0.3) is 75.4 Å². The molecule has 0 bridgehead atoms. The average molecular weight is 589 g/mol. The molecule has 8 aromatic carbocycles. The number of fused-ring (bicyclic) bond motifs is 2. The Balaban J connectivity index is 1.98. The first-order valence-corrected chi connectivity index (χ1v) is 14.1. The van der Waals surface area contributed by atoms with Gasteiger partial charge < -0.3 is 28.4 Å². The fourth-order valence-corrected chi connectivity index (χ4v) is 7.85. The lowest BCUT2D eigenvalue weighted by Gasteiger charge is -2.27. The second-order valence-corrected chi connectivity index (χ2v) is 11.3. The molecule has 0 N–H and O–H groups in total. The van der Waals surface area contributed by atoms with Crippen molar-refractivity contribution in [3.63, 3.8) is 0 Å². The molecule has 0 atom stereocenters. The average Bonchev–Trinajstić information content (AvgIpc) is 3.04. The van der Waals surface area contributed by atoms with Gasteiger partial charge in [-0.15, -0.1) is 0 Å². The smallest absolute Gasteiger partial charge is 0.201 e. The molecule has 0 amide bonds. The Kier molecular flexibility index (Phi) is 5.19. The third kappa shape index (κ3) is 2.75. The van der Waals surface area contributed by atoms with E-state index in [1.54, 1.807) is 40.6 Å². The van der Waals surface area contributed by atoms with Gasteiger partial charge in [-0.1, -0.05) is 0 Å². The van der Waals surface area contributed by atoms with Crippen molar-refractivity contribution in [1.29, 1.82) is 0 Å². The summed E-state index contributed by atoms with van der Waals surface area (Å²) in [5, 5.41) is 9.32. The van der Waals surface area contributed by atoms with E-state index in [9.17, 15) is 9.59 Å². The second kappa shape index (κ2) is 8.66. The van der Waals surface area contributed by atoms with Crippen LogP contribution in [-0.2, 0) is 0 Å². The number of hydrogen-bond donors (Lipinski definition) is 0. The van der Waals surface area contributed by atoms with Crippen LogP contribution in [-0.4, -0.2) is 42.7 Å². The lowest BCUT2D eigenvalue weighted by atomic mass is 9.78. The van der Waals surface area contributed by atoms with Crippen LogP contribution < -0.4 is 39.3 Å². The van der Waals surface area contributed by atoms with E-state index in [1.165, 1.54) is 14.2 Å². The van der Waals surface area contributed by atoms with Crippen molar-refractivity contribution in [2.24, 2.45) is 0 Å². The minimum atomic E-state index is -0.212. The molecule has 8 aromatic rings. The minimum Gasteiger partial charge on any atom is -0.496 e. The highest BCUT2D eigenvalue weighted by molar-refractivity contribution is 6.51. The summed E-state index contributed by atoms with van der Waals surface area (Å²) in [5.41, 5.74) is 1.41. The third-order valence-corrected chi connectivity index (χ3v) is 9.46. The van der Waals surface area contributed by atoms with Gasteiger partial charge in [0, 0.05) is 55.2 Å². The molecule has 44 heavy (non-hydrogen) atoms. The number of ether oxygens (including phenoxy) is 6. The van der Waals surface area contributed by atoms with Crippen LogP contribution in [0, 0.1) is 13.8 Å². The van der Waals surface area contributed by atoms with Gasteiger partial charge in [-0.2, -0.15) is 0 Å². The van der Waals surface area contributed by atoms with Gasteiger partial charge in [0.15, 0.2) is 0 Å². The largest absolute Gasteiger partial charge is 0.496 e. The van der Waals surface area contributed by atoms with Crippen molar-refractivity contribution in [2.75, 3.05) is 42.7 Å². The van der Waals surface area contributed by atoms with Gasteiger partial charge >= 0.3 is 0 Å². The van der Waals surface area contributed by atoms with Gasteiger partial charge in [0.25, 0.3) is 0 Å². The SMILES string of the molecule is COc1cc(C)c2c3c(C)cc(OC)c4c(=O)c5c(OC)cc(OC)c6c7c(OC)cc(OC)c8c(=O)c1c2c(c87)c(c43)c56. The van der Waals surface area contributed by atoms with E-state index in [2.05, 4.69) is 0 Å². The van der Waals surface area contributed by atoms with E-state index in [4.69, 9.17) is 28.4 Å². The summed E-state index contributed by atoms with van der Waals surface area (Å²) in [7, 11) is 9.38. The molecule has 0 saturated carbocycles. The Morgan fingerprint density at radius 2 is 0.545 bits per heavy atom. The molecule has 0 aliphatic rings. The predicted molar refractivity (Wildman–Crippen MR) is 175 cm³/mol. The molecule has 0 saturated heterocycles. The van der Waals surface area contributed by atoms with Gasteiger partial charge in [-0.25, -0.2) is 0 Å². The van der Waals surface area contributed by atoms with Gasteiger partial charge in [0.1, 0.15) is 34.5 Å². The zero-order valence-electron chi connectivity index (χ0n) is 25.6. The van der Waals surface area contributed by atoms with Crippen LogP contribution in [0.5, 0.6) is 34.5 Å². The second-order valence-electron chi connectivity index (χ2n) is 11.3. The van der Waals surface area contributed by atoms with Crippen LogP contribution in [0.15, 0.2) is 33.9 Å². The van der Waals surface area contributed by atoms with E-state index >= 15 is 0 Å². The topological polar surface area (TPSA) is 89.5 Å². The molecular formula is C36H28O8. The molecule has 220 valence electrons. The van der Waals surface area contributed by atoms with Crippen molar-refractivity contribution in [3.8, 4) is 34.5 Å². The number of methoxy groups -OCH3 is 6.